The molecule has 0 atom stereocenters. The van der Waals surface area contributed by atoms with Gasteiger partial charge in [0.05, 0.1) is 13.2 Å². The smallest absolute Gasteiger partial charge is 0.223 e. The first-order chi connectivity index (χ1) is 11.7. The molecule has 2 N–H and O–H groups in total. The molecule has 0 unspecified atom stereocenters. The van der Waals surface area contributed by atoms with E-state index in [1.54, 1.807) is 0 Å². The fraction of sp³-hybridized carbons (Fsp3) is 0.706. The van der Waals surface area contributed by atoms with Crippen molar-refractivity contribution >= 4 is 11.7 Å². The third-order valence-electron chi connectivity index (χ3n) is 4.80. The lowest BCUT2D eigenvalue weighted by Gasteiger charge is -2.33. The molecule has 7 heteroatoms. The van der Waals surface area contributed by atoms with Gasteiger partial charge in [0, 0.05) is 56.8 Å². The van der Waals surface area contributed by atoms with Crippen molar-refractivity contribution in [3.05, 3.63) is 17.6 Å². The molecule has 0 bridgehead atoms. The van der Waals surface area contributed by atoms with Gasteiger partial charge < -0.3 is 20.3 Å². The van der Waals surface area contributed by atoms with E-state index in [1.807, 2.05) is 11.8 Å². The molecule has 0 saturated carbocycles. The van der Waals surface area contributed by atoms with Gasteiger partial charge in [-0.2, -0.15) is 0 Å². The van der Waals surface area contributed by atoms with E-state index in [0.717, 1.165) is 69.6 Å². The topological polar surface area (TPSA) is 84.6 Å². The number of nitrogens with two attached hydrogens (primary N) is 1. The summed E-state index contributed by atoms with van der Waals surface area (Å²) >= 11 is 0. The summed E-state index contributed by atoms with van der Waals surface area (Å²) in [6.45, 7) is 7.21. The zero-order valence-corrected chi connectivity index (χ0v) is 14.4. The molecule has 2 aliphatic heterocycles. The van der Waals surface area contributed by atoms with Gasteiger partial charge in [-0.1, -0.05) is 0 Å². The van der Waals surface area contributed by atoms with Gasteiger partial charge in [-0.25, -0.2) is 9.97 Å². The standard InChI is InChI=1S/C17H27N5O2/c1-13-19-15(12-16(20-13)21-8-10-24-11-9-21)14-3-6-22(7-4-14)17(23)2-5-18/h12,14H,2-11,18H2,1H3. The Hall–Kier alpha value is -1.73. The predicted molar refractivity (Wildman–Crippen MR) is 92.0 cm³/mol. The van der Waals surface area contributed by atoms with Crippen LogP contribution < -0.4 is 10.6 Å². The number of nitrogens with zero attached hydrogens (tertiary/aromatic N) is 4. The first-order valence-corrected chi connectivity index (χ1v) is 8.83. The molecule has 0 aromatic carbocycles. The van der Waals surface area contributed by atoms with Crippen LogP contribution in [0.5, 0.6) is 0 Å². The average molecular weight is 333 g/mol. The second-order valence-electron chi connectivity index (χ2n) is 6.49. The summed E-state index contributed by atoms with van der Waals surface area (Å²) in [5.74, 6) is 2.38. The predicted octanol–water partition coefficient (Wildman–Crippen LogP) is 0.676. The number of rotatable bonds is 4. The monoisotopic (exact) mass is 333 g/mol. The first-order valence-electron chi connectivity index (χ1n) is 8.83. The van der Waals surface area contributed by atoms with E-state index < -0.39 is 0 Å². The molecule has 0 aliphatic carbocycles. The quantitative estimate of drug-likeness (QED) is 0.872. The Morgan fingerprint density at radius 3 is 2.62 bits per heavy atom. The molecule has 132 valence electrons. The van der Waals surface area contributed by atoms with Crippen LogP contribution in [0.1, 0.15) is 36.7 Å². The number of amides is 1. The van der Waals surface area contributed by atoms with Crippen LogP contribution in [-0.4, -0.2) is 66.7 Å². The summed E-state index contributed by atoms with van der Waals surface area (Å²) in [6.07, 6.45) is 2.35. The van der Waals surface area contributed by atoms with Gasteiger partial charge in [0.1, 0.15) is 11.6 Å². The molecule has 0 radical (unpaired) electrons. The molecule has 0 spiro atoms. The number of carbonyl (C=O) groups is 1. The maximum atomic E-state index is 12.0. The van der Waals surface area contributed by atoms with Gasteiger partial charge in [-0.05, 0) is 19.8 Å². The molecular weight excluding hydrogens is 306 g/mol. The van der Waals surface area contributed by atoms with E-state index in [4.69, 9.17) is 10.5 Å². The van der Waals surface area contributed by atoms with Gasteiger partial charge in [0.25, 0.3) is 0 Å². The number of aromatic nitrogens is 2. The molecule has 3 rings (SSSR count). The van der Waals surface area contributed by atoms with Crippen LogP contribution in [0.4, 0.5) is 5.82 Å². The average Bonchev–Trinajstić information content (AvgIpc) is 2.62. The van der Waals surface area contributed by atoms with Crippen molar-refractivity contribution in [3.8, 4) is 0 Å². The Kier molecular flexibility index (Phi) is 5.63. The lowest BCUT2D eigenvalue weighted by atomic mass is 9.93. The minimum absolute atomic E-state index is 0.170. The summed E-state index contributed by atoms with van der Waals surface area (Å²) in [4.78, 5) is 25.4. The van der Waals surface area contributed by atoms with Gasteiger partial charge in [0.2, 0.25) is 5.91 Å². The number of hydrogen-bond acceptors (Lipinski definition) is 6. The molecule has 7 nitrogen and oxygen atoms in total. The fourth-order valence-corrected chi connectivity index (χ4v) is 3.44. The third kappa shape index (κ3) is 4.02. The van der Waals surface area contributed by atoms with E-state index in [9.17, 15) is 4.79 Å². The van der Waals surface area contributed by atoms with Crippen molar-refractivity contribution in [1.29, 1.82) is 0 Å². The lowest BCUT2D eigenvalue weighted by molar-refractivity contribution is -0.132. The number of hydrogen-bond donors (Lipinski definition) is 1. The zero-order valence-electron chi connectivity index (χ0n) is 14.4. The lowest BCUT2D eigenvalue weighted by Crippen LogP contribution is -2.39. The Balaban J connectivity index is 1.67. The highest BCUT2D eigenvalue weighted by Crippen LogP contribution is 2.29. The van der Waals surface area contributed by atoms with E-state index >= 15 is 0 Å². The van der Waals surface area contributed by atoms with Gasteiger partial charge >= 0.3 is 0 Å². The summed E-state index contributed by atoms with van der Waals surface area (Å²) < 4.78 is 5.42. The van der Waals surface area contributed by atoms with Crippen molar-refractivity contribution in [1.82, 2.24) is 14.9 Å². The van der Waals surface area contributed by atoms with Crippen LogP contribution >= 0.6 is 0 Å². The minimum Gasteiger partial charge on any atom is -0.378 e. The van der Waals surface area contributed by atoms with Crippen LogP contribution in [0.2, 0.25) is 0 Å². The molecule has 1 aromatic rings. The Morgan fingerprint density at radius 1 is 1.25 bits per heavy atom. The molecule has 24 heavy (non-hydrogen) atoms. The molecule has 2 aliphatic rings. The summed E-state index contributed by atoms with van der Waals surface area (Å²) in [5.41, 5.74) is 6.59. The maximum absolute atomic E-state index is 12.0. The zero-order chi connectivity index (χ0) is 16.9. The van der Waals surface area contributed by atoms with Crippen molar-refractivity contribution < 1.29 is 9.53 Å². The van der Waals surface area contributed by atoms with E-state index in [0.29, 0.717) is 18.9 Å². The van der Waals surface area contributed by atoms with Crippen LogP contribution in [0.25, 0.3) is 0 Å². The van der Waals surface area contributed by atoms with Gasteiger partial charge in [0.15, 0.2) is 0 Å². The highest BCUT2D eigenvalue weighted by Gasteiger charge is 2.25. The molecule has 1 aromatic heterocycles. The minimum atomic E-state index is 0.170. The summed E-state index contributed by atoms with van der Waals surface area (Å²) in [7, 11) is 0. The van der Waals surface area contributed by atoms with Crippen LogP contribution in [0, 0.1) is 6.92 Å². The molecule has 1 amide bonds. The van der Waals surface area contributed by atoms with Crippen LogP contribution in [-0.2, 0) is 9.53 Å². The number of likely N-dealkylation sites (tertiary alicyclic amines) is 1. The Bertz CT molecular complexity index is 566. The molecule has 3 heterocycles. The summed E-state index contributed by atoms with van der Waals surface area (Å²) in [6, 6.07) is 2.13. The van der Waals surface area contributed by atoms with Crippen molar-refractivity contribution in [2.45, 2.75) is 32.1 Å². The number of aryl methyl sites for hydroxylation is 1. The Morgan fingerprint density at radius 2 is 1.96 bits per heavy atom. The number of morpholine rings is 1. The van der Waals surface area contributed by atoms with Crippen molar-refractivity contribution in [2.75, 3.05) is 50.8 Å². The number of carbonyl (C=O) groups excluding carboxylic acids is 1. The second-order valence-corrected chi connectivity index (χ2v) is 6.49. The first kappa shape index (κ1) is 17.1. The molecule has 2 saturated heterocycles. The fourth-order valence-electron chi connectivity index (χ4n) is 3.44. The molecular formula is C17H27N5O2. The highest BCUT2D eigenvalue weighted by molar-refractivity contribution is 5.76. The second kappa shape index (κ2) is 7.90. The maximum Gasteiger partial charge on any atom is 0.223 e. The van der Waals surface area contributed by atoms with Gasteiger partial charge in [-0.15, -0.1) is 0 Å². The SMILES string of the molecule is Cc1nc(C2CCN(C(=O)CCN)CC2)cc(N2CCOCC2)n1. The number of anilines is 1. The highest BCUT2D eigenvalue weighted by atomic mass is 16.5. The Labute approximate surface area is 143 Å². The number of piperidine rings is 1. The van der Waals surface area contributed by atoms with Crippen molar-refractivity contribution in [3.63, 3.8) is 0 Å². The normalized spacial score (nSPS) is 19.6. The van der Waals surface area contributed by atoms with Crippen LogP contribution in [0.3, 0.4) is 0 Å². The van der Waals surface area contributed by atoms with E-state index in [1.165, 1.54) is 0 Å². The molecule has 2 fully saturated rings. The van der Waals surface area contributed by atoms with Crippen LogP contribution in [0.15, 0.2) is 6.07 Å². The number of ether oxygens (including phenoxy) is 1. The van der Waals surface area contributed by atoms with Crippen molar-refractivity contribution in [2.24, 2.45) is 5.73 Å². The third-order valence-corrected chi connectivity index (χ3v) is 4.80. The van der Waals surface area contributed by atoms with Gasteiger partial charge in [-0.3, -0.25) is 4.79 Å². The van der Waals surface area contributed by atoms with E-state index in [-0.39, 0.29) is 5.91 Å². The summed E-state index contributed by atoms with van der Waals surface area (Å²) in [5, 5.41) is 0. The van der Waals surface area contributed by atoms with E-state index in [2.05, 4.69) is 20.9 Å². The largest absolute Gasteiger partial charge is 0.378 e.